The standard InChI is InChI=1S/C19H18N2O3/c1-13(2)24-19(23)16-6-4-5-7-17(16)21(3)18(22)15-10-8-14(12-20)9-11-15/h4-11,13H,1-3H3. The summed E-state index contributed by atoms with van der Waals surface area (Å²) in [4.78, 5) is 26.3. The van der Waals surface area contributed by atoms with E-state index in [-0.39, 0.29) is 12.0 Å². The summed E-state index contributed by atoms with van der Waals surface area (Å²) < 4.78 is 5.23. The summed E-state index contributed by atoms with van der Waals surface area (Å²) in [5.41, 5.74) is 1.71. The van der Waals surface area contributed by atoms with Crippen molar-refractivity contribution in [3.63, 3.8) is 0 Å². The first-order valence-corrected chi connectivity index (χ1v) is 7.52. The zero-order valence-electron chi connectivity index (χ0n) is 13.8. The van der Waals surface area contributed by atoms with Crippen LogP contribution in [-0.4, -0.2) is 25.0 Å². The monoisotopic (exact) mass is 322 g/mol. The van der Waals surface area contributed by atoms with E-state index in [0.717, 1.165) is 0 Å². The molecule has 5 nitrogen and oxygen atoms in total. The first-order chi connectivity index (χ1) is 11.4. The Balaban J connectivity index is 2.32. The van der Waals surface area contributed by atoms with Gasteiger partial charge in [0.2, 0.25) is 0 Å². The highest BCUT2D eigenvalue weighted by Crippen LogP contribution is 2.22. The van der Waals surface area contributed by atoms with Crippen molar-refractivity contribution in [2.75, 3.05) is 11.9 Å². The Kier molecular flexibility index (Phi) is 5.33. The summed E-state index contributed by atoms with van der Waals surface area (Å²) in [7, 11) is 1.60. The molecule has 0 radical (unpaired) electrons. The third-order valence-corrected chi connectivity index (χ3v) is 3.39. The average Bonchev–Trinajstić information content (AvgIpc) is 2.60. The Morgan fingerprint density at radius 1 is 1.08 bits per heavy atom. The van der Waals surface area contributed by atoms with Crippen LogP contribution >= 0.6 is 0 Å². The fraction of sp³-hybridized carbons (Fsp3) is 0.211. The molecule has 0 spiro atoms. The maximum Gasteiger partial charge on any atom is 0.340 e. The van der Waals surface area contributed by atoms with Crippen LogP contribution in [0.3, 0.4) is 0 Å². The van der Waals surface area contributed by atoms with Gasteiger partial charge in [0.1, 0.15) is 0 Å². The van der Waals surface area contributed by atoms with Gasteiger partial charge >= 0.3 is 5.97 Å². The number of rotatable bonds is 4. The van der Waals surface area contributed by atoms with Gasteiger partial charge in [-0.25, -0.2) is 4.79 Å². The molecule has 0 bridgehead atoms. The number of carbonyl (C=O) groups excluding carboxylic acids is 2. The lowest BCUT2D eigenvalue weighted by Gasteiger charge is -2.20. The highest BCUT2D eigenvalue weighted by Gasteiger charge is 2.21. The van der Waals surface area contributed by atoms with Gasteiger partial charge in [0.15, 0.2) is 0 Å². The van der Waals surface area contributed by atoms with Crippen molar-refractivity contribution in [1.82, 2.24) is 0 Å². The summed E-state index contributed by atoms with van der Waals surface area (Å²) in [5.74, 6) is -0.746. The lowest BCUT2D eigenvalue weighted by atomic mass is 10.1. The number of esters is 1. The van der Waals surface area contributed by atoms with Crippen molar-refractivity contribution in [1.29, 1.82) is 5.26 Å². The maximum atomic E-state index is 12.6. The van der Waals surface area contributed by atoms with E-state index in [0.29, 0.717) is 22.4 Å². The van der Waals surface area contributed by atoms with Crippen LogP contribution in [-0.2, 0) is 4.74 Å². The van der Waals surface area contributed by atoms with Crippen LogP contribution in [0.1, 0.15) is 40.1 Å². The predicted octanol–water partition coefficient (Wildman–Crippen LogP) is 3.40. The number of hydrogen-bond acceptors (Lipinski definition) is 4. The molecule has 0 aliphatic carbocycles. The van der Waals surface area contributed by atoms with Crippen LogP contribution in [0.2, 0.25) is 0 Å². The summed E-state index contributed by atoms with van der Waals surface area (Å²) >= 11 is 0. The van der Waals surface area contributed by atoms with Crippen LogP contribution in [0.15, 0.2) is 48.5 Å². The summed E-state index contributed by atoms with van der Waals surface area (Å²) in [6, 6.07) is 15.2. The Bertz CT molecular complexity index is 789. The second-order valence-corrected chi connectivity index (χ2v) is 5.52. The number of nitriles is 1. The Morgan fingerprint density at radius 3 is 2.29 bits per heavy atom. The second kappa shape index (κ2) is 7.42. The fourth-order valence-electron chi connectivity index (χ4n) is 2.21. The molecule has 0 N–H and O–H groups in total. The van der Waals surface area contributed by atoms with Crippen molar-refractivity contribution in [2.24, 2.45) is 0 Å². The topological polar surface area (TPSA) is 70.4 Å². The number of carbonyl (C=O) groups is 2. The largest absolute Gasteiger partial charge is 0.459 e. The van der Waals surface area contributed by atoms with Crippen LogP contribution in [0.5, 0.6) is 0 Å². The molecular formula is C19H18N2O3. The fourth-order valence-corrected chi connectivity index (χ4v) is 2.21. The van der Waals surface area contributed by atoms with E-state index >= 15 is 0 Å². The summed E-state index contributed by atoms with van der Waals surface area (Å²) in [6.07, 6.45) is -0.245. The molecule has 0 saturated heterocycles. The minimum absolute atomic E-state index is 0.245. The number of nitrogens with zero attached hydrogens (tertiary/aromatic N) is 2. The summed E-state index contributed by atoms with van der Waals surface area (Å²) in [5, 5.41) is 8.83. The number of benzene rings is 2. The van der Waals surface area contributed by atoms with Gasteiger partial charge in [-0.05, 0) is 50.2 Å². The first-order valence-electron chi connectivity index (χ1n) is 7.52. The number of para-hydroxylation sites is 1. The smallest absolute Gasteiger partial charge is 0.340 e. The molecule has 0 saturated carbocycles. The molecule has 0 aromatic heterocycles. The van der Waals surface area contributed by atoms with E-state index in [1.165, 1.54) is 4.90 Å². The molecule has 0 unspecified atom stereocenters. The Morgan fingerprint density at radius 2 is 1.71 bits per heavy atom. The van der Waals surface area contributed by atoms with Gasteiger partial charge in [-0.2, -0.15) is 5.26 Å². The van der Waals surface area contributed by atoms with Gasteiger partial charge in [-0.3, -0.25) is 4.79 Å². The third-order valence-electron chi connectivity index (χ3n) is 3.39. The number of hydrogen-bond donors (Lipinski definition) is 0. The normalized spacial score (nSPS) is 10.1. The Labute approximate surface area is 141 Å². The molecule has 5 heteroatoms. The van der Waals surface area contributed by atoms with Gasteiger partial charge < -0.3 is 9.64 Å². The molecule has 0 aliphatic rings. The Hall–Kier alpha value is -3.13. The van der Waals surface area contributed by atoms with Gasteiger partial charge in [0, 0.05) is 12.6 Å². The minimum Gasteiger partial charge on any atom is -0.459 e. The molecule has 2 rings (SSSR count). The van der Waals surface area contributed by atoms with Crippen LogP contribution in [0.25, 0.3) is 0 Å². The maximum absolute atomic E-state index is 12.6. The number of ether oxygens (including phenoxy) is 1. The second-order valence-electron chi connectivity index (χ2n) is 5.52. The number of amides is 1. The van der Waals surface area contributed by atoms with E-state index in [1.807, 2.05) is 6.07 Å². The molecular weight excluding hydrogens is 304 g/mol. The van der Waals surface area contributed by atoms with E-state index in [4.69, 9.17) is 10.00 Å². The van der Waals surface area contributed by atoms with Crippen molar-refractivity contribution in [3.8, 4) is 6.07 Å². The van der Waals surface area contributed by atoms with Crippen LogP contribution in [0, 0.1) is 11.3 Å². The van der Waals surface area contributed by atoms with Crippen molar-refractivity contribution in [3.05, 3.63) is 65.2 Å². The molecule has 24 heavy (non-hydrogen) atoms. The molecule has 122 valence electrons. The van der Waals surface area contributed by atoms with Gasteiger partial charge in [-0.15, -0.1) is 0 Å². The molecule has 0 aliphatic heterocycles. The lowest BCUT2D eigenvalue weighted by Crippen LogP contribution is -2.28. The van der Waals surface area contributed by atoms with E-state index in [2.05, 4.69) is 0 Å². The third kappa shape index (κ3) is 3.79. The molecule has 2 aromatic carbocycles. The SMILES string of the molecule is CC(C)OC(=O)c1ccccc1N(C)C(=O)c1ccc(C#N)cc1. The van der Waals surface area contributed by atoms with E-state index in [1.54, 1.807) is 69.4 Å². The van der Waals surface area contributed by atoms with Crippen molar-refractivity contribution in [2.45, 2.75) is 20.0 Å². The van der Waals surface area contributed by atoms with Crippen LogP contribution in [0.4, 0.5) is 5.69 Å². The summed E-state index contributed by atoms with van der Waals surface area (Å²) in [6.45, 7) is 3.54. The zero-order chi connectivity index (χ0) is 17.7. The molecule has 0 heterocycles. The molecule has 2 aromatic rings. The average molecular weight is 322 g/mol. The molecule has 0 fully saturated rings. The highest BCUT2D eigenvalue weighted by atomic mass is 16.5. The molecule has 0 atom stereocenters. The van der Waals surface area contributed by atoms with E-state index < -0.39 is 5.97 Å². The van der Waals surface area contributed by atoms with E-state index in [9.17, 15) is 9.59 Å². The molecule has 1 amide bonds. The van der Waals surface area contributed by atoms with Crippen molar-refractivity contribution < 1.29 is 14.3 Å². The van der Waals surface area contributed by atoms with Crippen LogP contribution < -0.4 is 4.90 Å². The van der Waals surface area contributed by atoms with Gasteiger partial charge in [0.05, 0.1) is 29.0 Å². The zero-order valence-corrected chi connectivity index (χ0v) is 13.8. The van der Waals surface area contributed by atoms with Gasteiger partial charge in [-0.1, -0.05) is 12.1 Å². The predicted molar refractivity (Wildman–Crippen MR) is 90.9 cm³/mol. The number of anilines is 1. The minimum atomic E-state index is -0.472. The van der Waals surface area contributed by atoms with Crippen molar-refractivity contribution >= 4 is 17.6 Å². The quantitative estimate of drug-likeness (QED) is 0.809. The van der Waals surface area contributed by atoms with Gasteiger partial charge in [0.25, 0.3) is 5.91 Å². The first kappa shape index (κ1) is 17.2. The lowest BCUT2D eigenvalue weighted by molar-refractivity contribution is 0.0379. The highest BCUT2D eigenvalue weighted by molar-refractivity contribution is 6.09.